The fraction of sp³-hybridized carbons (Fsp3) is 0.286. The first kappa shape index (κ1) is 15.0. The first-order valence-corrected chi connectivity index (χ1v) is 8.42. The van der Waals surface area contributed by atoms with Crippen molar-refractivity contribution in [1.29, 1.82) is 0 Å². The molecule has 2 aromatic carbocycles. The van der Waals surface area contributed by atoms with Gasteiger partial charge in [-0.2, -0.15) is 0 Å². The molecule has 0 fully saturated rings. The summed E-state index contributed by atoms with van der Waals surface area (Å²) in [5, 5.41) is 13.0. The number of carbonyl (C=O) groups is 1. The van der Waals surface area contributed by atoms with Gasteiger partial charge in [-0.25, -0.2) is 4.79 Å². The van der Waals surface area contributed by atoms with Gasteiger partial charge in [0, 0.05) is 11.6 Å². The number of allylic oxidation sites excluding steroid dienone is 2. The number of fused-ring (bicyclic) bond motifs is 3. The van der Waals surface area contributed by atoms with Gasteiger partial charge >= 0.3 is 5.97 Å². The zero-order valence-electron chi connectivity index (χ0n) is 13.9. The van der Waals surface area contributed by atoms with Crippen LogP contribution in [0.15, 0.2) is 48.6 Å². The molecule has 24 heavy (non-hydrogen) atoms. The monoisotopic (exact) mass is 319 g/mol. The van der Waals surface area contributed by atoms with E-state index in [1.54, 1.807) is 6.07 Å². The van der Waals surface area contributed by atoms with Crippen LogP contribution < -0.4 is 5.32 Å². The fourth-order valence-electron chi connectivity index (χ4n) is 4.21. The third-order valence-electron chi connectivity index (χ3n) is 5.37. The summed E-state index contributed by atoms with van der Waals surface area (Å²) in [6.45, 7) is 4.29. The van der Waals surface area contributed by atoms with Crippen LogP contribution in [0.5, 0.6) is 0 Å². The molecule has 0 unspecified atom stereocenters. The molecule has 3 nitrogen and oxygen atoms in total. The van der Waals surface area contributed by atoms with E-state index in [-0.39, 0.29) is 12.0 Å². The third kappa shape index (κ3) is 2.32. The van der Waals surface area contributed by atoms with Gasteiger partial charge in [-0.3, -0.25) is 0 Å². The third-order valence-corrected chi connectivity index (χ3v) is 5.37. The molecule has 3 atom stereocenters. The molecule has 4 rings (SSSR count). The quantitative estimate of drug-likeness (QED) is 0.780. The average Bonchev–Trinajstić information content (AvgIpc) is 3.04. The van der Waals surface area contributed by atoms with E-state index in [9.17, 15) is 9.90 Å². The summed E-state index contributed by atoms with van der Waals surface area (Å²) < 4.78 is 0. The normalized spacial score (nSPS) is 24.2. The van der Waals surface area contributed by atoms with Crippen LogP contribution in [0.3, 0.4) is 0 Å². The van der Waals surface area contributed by atoms with Gasteiger partial charge in [0.25, 0.3) is 0 Å². The second kappa shape index (κ2) is 5.52. The van der Waals surface area contributed by atoms with Crippen LogP contribution in [0, 0.1) is 19.8 Å². The maximum Gasteiger partial charge on any atom is 0.335 e. The Morgan fingerprint density at radius 2 is 1.96 bits per heavy atom. The minimum absolute atomic E-state index is 0.258. The highest BCUT2D eigenvalue weighted by atomic mass is 16.4. The highest BCUT2D eigenvalue weighted by molar-refractivity contribution is 5.89. The molecule has 0 saturated heterocycles. The predicted molar refractivity (Wildman–Crippen MR) is 95.7 cm³/mol. The van der Waals surface area contributed by atoms with E-state index in [2.05, 4.69) is 49.5 Å². The van der Waals surface area contributed by atoms with Gasteiger partial charge in [-0.15, -0.1) is 0 Å². The Morgan fingerprint density at radius 1 is 1.12 bits per heavy atom. The number of anilines is 1. The summed E-state index contributed by atoms with van der Waals surface area (Å²) in [6.07, 6.45) is 5.49. The summed E-state index contributed by atoms with van der Waals surface area (Å²) in [5.74, 6) is -0.151. The maximum absolute atomic E-state index is 11.3. The number of carboxylic acids is 1. The number of aryl methyl sites for hydroxylation is 2. The summed E-state index contributed by atoms with van der Waals surface area (Å²) in [7, 11) is 0. The predicted octanol–water partition coefficient (Wildman–Crippen LogP) is 4.83. The van der Waals surface area contributed by atoms with Crippen LogP contribution in [0.25, 0.3) is 0 Å². The molecule has 1 aliphatic heterocycles. The molecule has 0 bridgehead atoms. The number of rotatable bonds is 2. The number of nitrogens with one attached hydrogen (secondary N) is 1. The van der Waals surface area contributed by atoms with E-state index >= 15 is 0 Å². The van der Waals surface area contributed by atoms with E-state index < -0.39 is 5.97 Å². The van der Waals surface area contributed by atoms with Gasteiger partial charge in [0.1, 0.15) is 0 Å². The van der Waals surface area contributed by atoms with Crippen LogP contribution in [-0.2, 0) is 0 Å². The lowest BCUT2D eigenvalue weighted by Gasteiger charge is -2.38. The highest BCUT2D eigenvalue weighted by Crippen LogP contribution is 2.50. The lowest BCUT2D eigenvalue weighted by molar-refractivity contribution is 0.0696. The average molecular weight is 319 g/mol. The van der Waals surface area contributed by atoms with Crippen molar-refractivity contribution < 1.29 is 9.90 Å². The molecule has 2 aromatic rings. The van der Waals surface area contributed by atoms with Gasteiger partial charge in [-0.05, 0) is 61.1 Å². The van der Waals surface area contributed by atoms with E-state index in [1.165, 1.54) is 16.7 Å². The Labute approximate surface area is 142 Å². The Bertz CT molecular complexity index is 853. The van der Waals surface area contributed by atoms with Crippen LogP contribution in [-0.4, -0.2) is 11.1 Å². The molecule has 0 radical (unpaired) electrons. The molecule has 1 aliphatic carbocycles. The topological polar surface area (TPSA) is 49.3 Å². The molecule has 2 N–H and O–H groups in total. The van der Waals surface area contributed by atoms with E-state index in [1.807, 2.05) is 12.1 Å². The molecule has 0 aromatic heterocycles. The van der Waals surface area contributed by atoms with Crippen molar-refractivity contribution >= 4 is 11.7 Å². The summed E-state index contributed by atoms with van der Waals surface area (Å²) in [4.78, 5) is 11.3. The van der Waals surface area contributed by atoms with Crippen LogP contribution in [0.1, 0.15) is 51.0 Å². The molecule has 3 heteroatoms. The molecule has 2 aliphatic rings. The van der Waals surface area contributed by atoms with Gasteiger partial charge < -0.3 is 10.4 Å². The van der Waals surface area contributed by atoms with Crippen molar-refractivity contribution in [2.24, 2.45) is 5.92 Å². The maximum atomic E-state index is 11.3. The van der Waals surface area contributed by atoms with Gasteiger partial charge in [0.15, 0.2) is 0 Å². The summed E-state index contributed by atoms with van der Waals surface area (Å²) >= 11 is 0. The molecular weight excluding hydrogens is 298 g/mol. The minimum Gasteiger partial charge on any atom is -0.478 e. The molecule has 0 spiro atoms. The smallest absolute Gasteiger partial charge is 0.335 e. The number of hydrogen-bond acceptors (Lipinski definition) is 2. The zero-order valence-corrected chi connectivity index (χ0v) is 13.9. The van der Waals surface area contributed by atoms with E-state index in [0.717, 1.165) is 17.7 Å². The van der Waals surface area contributed by atoms with Crippen molar-refractivity contribution in [2.75, 3.05) is 5.32 Å². The molecule has 0 saturated carbocycles. The number of hydrogen-bond donors (Lipinski definition) is 2. The standard InChI is InChI=1S/C21H21NO2/c1-12-6-8-15(13(2)10-12)20-17-5-3-4-16(17)18-11-14(21(23)24)7-9-19(18)22-20/h3-4,6-11,16-17,20,22H,5H2,1-2H3,(H,23,24)/t16-,17+,20-/m1/s1. The van der Waals surface area contributed by atoms with Crippen LogP contribution >= 0.6 is 0 Å². The SMILES string of the molecule is Cc1ccc([C@H]2Nc3ccc(C(=O)O)cc3[C@@H]3C=CC[C@H]23)c(C)c1. The van der Waals surface area contributed by atoms with Crippen molar-refractivity contribution in [3.8, 4) is 0 Å². The van der Waals surface area contributed by atoms with Crippen molar-refractivity contribution in [1.82, 2.24) is 0 Å². The number of aromatic carboxylic acids is 1. The van der Waals surface area contributed by atoms with Gasteiger partial charge in [0.2, 0.25) is 0 Å². The molecule has 0 amide bonds. The first-order chi connectivity index (χ1) is 11.5. The molecule has 1 heterocycles. The molecule has 122 valence electrons. The lowest BCUT2D eigenvalue weighted by Crippen LogP contribution is -2.29. The van der Waals surface area contributed by atoms with Crippen LogP contribution in [0.4, 0.5) is 5.69 Å². The zero-order chi connectivity index (χ0) is 16.8. The Hall–Kier alpha value is -2.55. The van der Waals surface area contributed by atoms with E-state index in [4.69, 9.17) is 0 Å². The van der Waals surface area contributed by atoms with Gasteiger partial charge in [0.05, 0.1) is 11.6 Å². The summed E-state index contributed by atoms with van der Waals surface area (Å²) in [5.41, 5.74) is 6.45. The number of carboxylic acid groups (broad SMARTS) is 1. The van der Waals surface area contributed by atoms with E-state index in [0.29, 0.717) is 11.5 Å². The first-order valence-electron chi connectivity index (χ1n) is 8.42. The minimum atomic E-state index is -0.868. The largest absolute Gasteiger partial charge is 0.478 e. The van der Waals surface area contributed by atoms with Gasteiger partial charge in [-0.1, -0.05) is 35.9 Å². The van der Waals surface area contributed by atoms with Crippen LogP contribution in [0.2, 0.25) is 0 Å². The lowest BCUT2D eigenvalue weighted by atomic mass is 9.76. The number of benzene rings is 2. The highest BCUT2D eigenvalue weighted by Gasteiger charge is 2.38. The Kier molecular flexibility index (Phi) is 3.45. The Balaban J connectivity index is 1.79. The Morgan fingerprint density at radius 3 is 2.71 bits per heavy atom. The van der Waals surface area contributed by atoms with Crippen molar-refractivity contribution in [3.63, 3.8) is 0 Å². The van der Waals surface area contributed by atoms with Crippen molar-refractivity contribution in [2.45, 2.75) is 32.2 Å². The fourth-order valence-corrected chi connectivity index (χ4v) is 4.21. The summed E-state index contributed by atoms with van der Waals surface area (Å²) in [6, 6.07) is 12.3. The second-order valence-electron chi connectivity index (χ2n) is 6.94. The second-order valence-corrected chi connectivity index (χ2v) is 6.94. The molecular formula is C21H21NO2. The van der Waals surface area contributed by atoms with Crippen molar-refractivity contribution in [3.05, 3.63) is 76.4 Å².